The molecule has 0 fully saturated rings. The number of hydrogen-bond donors (Lipinski definition) is 2. The number of benzene rings is 2. The summed E-state index contributed by atoms with van der Waals surface area (Å²) >= 11 is 0. The number of hydrogen-bond acceptors (Lipinski definition) is 2. The van der Waals surface area contributed by atoms with Gasteiger partial charge in [-0.1, -0.05) is 42.5 Å². The van der Waals surface area contributed by atoms with Crippen molar-refractivity contribution >= 4 is 11.6 Å². The summed E-state index contributed by atoms with van der Waals surface area (Å²) in [6.07, 6.45) is 0. The van der Waals surface area contributed by atoms with Crippen molar-refractivity contribution in [2.24, 2.45) is 5.73 Å². The van der Waals surface area contributed by atoms with E-state index in [1.165, 1.54) is 5.56 Å². The van der Waals surface area contributed by atoms with E-state index in [4.69, 9.17) is 5.73 Å². The molecule has 0 spiro atoms. The predicted octanol–water partition coefficient (Wildman–Crippen LogP) is 2.56. The molecule has 18 heavy (non-hydrogen) atoms. The largest absolute Gasteiger partial charge is 0.324 e. The summed E-state index contributed by atoms with van der Waals surface area (Å²) in [5.41, 5.74) is 9.42. The topological polar surface area (TPSA) is 55.1 Å². The van der Waals surface area contributed by atoms with E-state index in [-0.39, 0.29) is 12.5 Å². The number of rotatable bonds is 3. The van der Waals surface area contributed by atoms with Crippen molar-refractivity contribution in [2.75, 3.05) is 11.9 Å². The van der Waals surface area contributed by atoms with E-state index in [1.54, 1.807) is 0 Å². The maximum atomic E-state index is 11.4. The van der Waals surface area contributed by atoms with Crippen LogP contribution in [-0.4, -0.2) is 12.5 Å². The molecule has 0 aliphatic heterocycles. The van der Waals surface area contributed by atoms with E-state index < -0.39 is 0 Å². The minimum absolute atomic E-state index is 0.0118. The first-order chi connectivity index (χ1) is 8.72. The second-order valence-electron chi connectivity index (χ2n) is 4.11. The molecule has 0 unspecified atom stereocenters. The molecular formula is C15H16N2O. The highest BCUT2D eigenvalue weighted by molar-refractivity contribution is 5.96. The molecule has 2 rings (SSSR count). The van der Waals surface area contributed by atoms with Crippen molar-refractivity contribution in [3.8, 4) is 11.1 Å². The third-order valence-electron chi connectivity index (χ3n) is 2.82. The number of para-hydroxylation sites is 1. The summed E-state index contributed by atoms with van der Waals surface area (Å²) < 4.78 is 0. The second kappa shape index (κ2) is 5.47. The van der Waals surface area contributed by atoms with Crippen molar-refractivity contribution in [3.63, 3.8) is 0 Å². The zero-order valence-electron chi connectivity index (χ0n) is 10.3. The third-order valence-corrected chi connectivity index (χ3v) is 2.82. The standard InChI is InChI=1S/C15H16N2O/c1-11-6-2-3-7-12(11)13-8-4-5-9-14(13)17-15(18)10-16/h2-9H,10,16H2,1H3,(H,17,18). The molecule has 2 aromatic rings. The Kier molecular flexibility index (Phi) is 3.75. The molecule has 0 aliphatic rings. The van der Waals surface area contributed by atoms with Crippen molar-refractivity contribution in [3.05, 3.63) is 54.1 Å². The van der Waals surface area contributed by atoms with Crippen LogP contribution in [0.1, 0.15) is 5.56 Å². The molecule has 3 N–H and O–H groups in total. The fourth-order valence-electron chi connectivity index (χ4n) is 1.90. The zero-order chi connectivity index (χ0) is 13.0. The first-order valence-electron chi connectivity index (χ1n) is 5.87. The number of amides is 1. The van der Waals surface area contributed by atoms with E-state index in [0.717, 1.165) is 16.8 Å². The fourth-order valence-corrected chi connectivity index (χ4v) is 1.90. The highest BCUT2D eigenvalue weighted by Crippen LogP contribution is 2.29. The van der Waals surface area contributed by atoms with Crippen LogP contribution in [0.3, 0.4) is 0 Å². The minimum atomic E-state index is -0.184. The Labute approximate surface area is 107 Å². The van der Waals surface area contributed by atoms with Gasteiger partial charge in [0.1, 0.15) is 0 Å². The molecular weight excluding hydrogens is 224 g/mol. The first-order valence-corrected chi connectivity index (χ1v) is 5.87. The van der Waals surface area contributed by atoms with E-state index in [9.17, 15) is 4.79 Å². The fraction of sp³-hybridized carbons (Fsp3) is 0.133. The first kappa shape index (κ1) is 12.3. The number of nitrogens with two attached hydrogens (primary N) is 1. The summed E-state index contributed by atoms with van der Waals surface area (Å²) in [6.45, 7) is 2.04. The highest BCUT2D eigenvalue weighted by Gasteiger charge is 2.08. The lowest BCUT2D eigenvalue weighted by molar-refractivity contribution is -0.114. The number of carbonyl (C=O) groups is 1. The summed E-state index contributed by atoms with van der Waals surface area (Å²) in [6, 6.07) is 15.8. The average Bonchev–Trinajstić information content (AvgIpc) is 2.40. The summed E-state index contributed by atoms with van der Waals surface area (Å²) in [4.78, 5) is 11.4. The Morgan fingerprint density at radius 2 is 1.67 bits per heavy atom. The lowest BCUT2D eigenvalue weighted by Crippen LogP contribution is -2.22. The van der Waals surface area contributed by atoms with Gasteiger partial charge in [-0.25, -0.2) is 0 Å². The molecule has 3 nitrogen and oxygen atoms in total. The van der Waals surface area contributed by atoms with Crippen LogP contribution in [0, 0.1) is 6.92 Å². The molecule has 0 aliphatic carbocycles. The summed E-state index contributed by atoms with van der Waals surface area (Å²) in [5.74, 6) is -0.184. The zero-order valence-corrected chi connectivity index (χ0v) is 10.3. The third kappa shape index (κ3) is 2.57. The molecule has 0 saturated heterocycles. The Balaban J connectivity index is 2.45. The minimum Gasteiger partial charge on any atom is -0.324 e. The van der Waals surface area contributed by atoms with Gasteiger partial charge in [0.2, 0.25) is 5.91 Å². The molecule has 0 radical (unpaired) electrons. The van der Waals surface area contributed by atoms with Crippen molar-refractivity contribution in [1.29, 1.82) is 0 Å². The van der Waals surface area contributed by atoms with Gasteiger partial charge >= 0.3 is 0 Å². The van der Waals surface area contributed by atoms with Gasteiger partial charge < -0.3 is 11.1 Å². The van der Waals surface area contributed by atoms with Crippen LogP contribution in [0.25, 0.3) is 11.1 Å². The number of carbonyl (C=O) groups excluding carboxylic acids is 1. The van der Waals surface area contributed by atoms with Crippen LogP contribution in [0.5, 0.6) is 0 Å². The molecule has 0 heterocycles. The maximum Gasteiger partial charge on any atom is 0.238 e. The van der Waals surface area contributed by atoms with Gasteiger partial charge in [-0.15, -0.1) is 0 Å². The van der Waals surface area contributed by atoms with Gasteiger partial charge in [0.15, 0.2) is 0 Å². The van der Waals surface area contributed by atoms with Gasteiger partial charge in [-0.2, -0.15) is 0 Å². The van der Waals surface area contributed by atoms with E-state index in [0.29, 0.717) is 0 Å². The quantitative estimate of drug-likeness (QED) is 0.866. The number of nitrogens with one attached hydrogen (secondary N) is 1. The van der Waals surface area contributed by atoms with Crippen molar-refractivity contribution in [1.82, 2.24) is 0 Å². The van der Waals surface area contributed by atoms with Gasteiger partial charge in [-0.3, -0.25) is 4.79 Å². The molecule has 1 amide bonds. The van der Waals surface area contributed by atoms with Crippen LogP contribution in [0.4, 0.5) is 5.69 Å². The highest BCUT2D eigenvalue weighted by atomic mass is 16.1. The summed E-state index contributed by atoms with van der Waals surface area (Å²) in [7, 11) is 0. The normalized spacial score (nSPS) is 10.1. The van der Waals surface area contributed by atoms with Crippen LogP contribution in [-0.2, 0) is 4.79 Å². The van der Waals surface area contributed by atoms with Crippen LogP contribution < -0.4 is 11.1 Å². The number of aryl methyl sites for hydroxylation is 1. The van der Waals surface area contributed by atoms with Gasteiger partial charge in [0, 0.05) is 11.3 Å². The average molecular weight is 240 g/mol. The summed E-state index contributed by atoms with van der Waals surface area (Å²) in [5, 5.41) is 2.82. The van der Waals surface area contributed by atoms with E-state index >= 15 is 0 Å². The Hall–Kier alpha value is -2.13. The second-order valence-corrected chi connectivity index (χ2v) is 4.11. The van der Waals surface area contributed by atoms with Gasteiger partial charge in [-0.05, 0) is 24.1 Å². The Morgan fingerprint density at radius 1 is 1.06 bits per heavy atom. The van der Waals surface area contributed by atoms with E-state index in [1.807, 2.05) is 42.5 Å². The molecule has 0 bridgehead atoms. The molecule has 0 saturated carbocycles. The Morgan fingerprint density at radius 3 is 2.33 bits per heavy atom. The lowest BCUT2D eigenvalue weighted by Gasteiger charge is -2.12. The van der Waals surface area contributed by atoms with Crippen LogP contribution >= 0.6 is 0 Å². The van der Waals surface area contributed by atoms with Gasteiger partial charge in [0.05, 0.1) is 6.54 Å². The SMILES string of the molecule is Cc1ccccc1-c1ccccc1NC(=O)CN. The van der Waals surface area contributed by atoms with Crippen LogP contribution in [0.2, 0.25) is 0 Å². The van der Waals surface area contributed by atoms with Crippen molar-refractivity contribution < 1.29 is 4.79 Å². The molecule has 3 heteroatoms. The molecule has 0 aromatic heterocycles. The van der Waals surface area contributed by atoms with Crippen LogP contribution in [0.15, 0.2) is 48.5 Å². The molecule has 92 valence electrons. The van der Waals surface area contributed by atoms with E-state index in [2.05, 4.69) is 18.3 Å². The Bertz CT molecular complexity index is 564. The monoisotopic (exact) mass is 240 g/mol. The van der Waals surface area contributed by atoms with Crippen molar-refractivity contribution in [2.45, 2.75) is 6.92 Å². The van der Waals surface area contributed by atoms with Gasteiger partial charge in [0.25, 0.3) is 0 Å². The smallest absolute Gasteiger partial charge is 0.238 e. The molecule has 0 atom stereocenters. The number of anilines is 1. The maximum absolute atomic E-state index is 11.4. The predicted molar refractivity (Wildman–Crippen MR) is 74.3 cm³/mol. The molecule has 2 aromatic carbocycles. The lowest BCUT2D eigenvalue weighted by atomic mass is 9.99.